The van der Waals surface area contributed by atoms with Gasteiger partial charge < -0.3 is 5.32 Å². The molecule has 1 N–H and O–H groups in total. The second-order valence-electron chi connectivity index (χ2n) is 7.00. The van der Waals surface area contributed by atoms with Crippen molar-refractivity contribution in [1.29, 1.82) is 0 Å². The molecule has 0 fully saturated rings. The lowest BCUT2D eigenvalue weighted by molar-refractivity contribution is 0.0953. The SMILES string of the molecule is CC(C)c1ccc(S(=O)(=O)[C@H](CNC(=O)c2cccnc2)c2cccnc2)cc1. The molecule has 150 valence electrons. The third-order valence-electron chi connectivity index (χ3n) is 4.68. The predicted molar refractivity (Wildman–Crippen MR) is 111 cm³/mol. The Morgan fingerprint density at radius 2 is 1.59 bits per heavy atom. The number of hydrogen-bond acceptors (Lipinski definition) is 5. The molecule has 1 aromatic carbocycles. The van der Waals surface area contributed by atoms with Crippen LogP contribution in [-0.2, 0) is 9.84 Å². The highest BCUT2D eigenvalue weighted by Crippen LogP contribution is 2.29. The largest absolute Gasteiger partial charge is 0.350 e. The van der Waals surface area contributed by atoms with Crippen molar-refractivity contribution < 1.29 is 13.2 Å². The molecule has 0 saturated carbocycles. The number of benzene rings is 1. The smallest absolute Gasteiger partial charge is 0.252 e. The van der Waals surface area contributed by atoms with Crippen molar-refractivity contribution in [3.8, 4) is 0 Å². The summed E-state index contributed by atoms with van der Waals surface area (Å²) in [5, 5.41) is 1.76. The predicted octanol–water partition coefficient (Wildman–Crippen LogP) is 3.55. The Balaban J connectivity index is 1.90. The summed E-state index contributed by atoms with van der Waals surface area (Å²) in [6.45, 7) is 4.03. The molecule has 0 saturated heterocycles. The Morgan fingerprint density at radius 1 is 0.931 bits per heavy atom. The summed E-state index contributed by atoms with van der Waals surface area (Å²) in [4.78, 5) is 20.6. The summed E-state index contributed by atoms with van der Waals surface area (Å²) in [6, 6.07) is 13.6. The zero-order valence-corrected chi connectivity index (χ0v) is 17.1. The van der Waals surface area contributed by atoms with Crippen LogP contribution in [0.2, 0.25) is 0 Å². The summed E-state index contributed by atoms with van der Waals surface area (Å²) in [7, 11) is -3.74. The number of aromatic nitrogens is 2. The van der Waals surface area contributed by atoms with Gasteiger partial charge in [-0.05, 0) is 47.4 Å². The van der Waals surface area contributed by atoms with Crippen LogP contribution in [0.15, 0.2) is 78.2 Å². The van der Waals surface area contributed by atoms with Gasteiger partial charge in [-0.1, -0.05) is 32.0 Å². The van der Waals surface area contributed by atoms with E-state index in [-0.39, 0.29) is 17.3 Å². The highest BCUT2D eigenvalue weighted by atomic mass is 32.2. The first-order valence-corrected chi connectivity index (χ1v) is 10.9. The fourth-order valence-electron chi connectivity index (χ4n) is 2.96. The molecule has 3 rings (SSSR count). The van der Waals surface area contributed by atoms with Crippen LogP contribution in [0.3, 0.4) is 0 Å². The number of carbonyl (C=O) groups is 1. The first kappa shape index (κ1) is 20.7. The highest BCUT2D eigenvalue weighted by molar-refractivity contribution is 7.91. The van der Waals surface area contributed by atoms with E-state index in [2.05, 4.69) is 29.1 Å². The summed E-state index contributed by atoms with van der Waals surface area (Å²) in [5.74, 6) is -0.0722. The second-order valence-corrected chi connectivity index (χ2v) is 9.13. The van der Waals surface area contributed by atoms with Crippen molar-refractivity contribution in [1.82, 2.24) is 15.3 Å². The monoisotopic (exact) mass is 409 g/mol. The Kier molecular flexibility index (Phi) is 6.39. The van der Waals surface area contributed by atoms with E-state index in [1.807, 2.05) is 12.1 Å². The molecule has 0 radical (unpaired) electrons. The average Bonchev–Trinajstić information content (AvgIpc) is 2.75. The summed E-state index contributed by atoms with van der Waals surface area (Å²) in [5.41, 5.74) is 1.95. The number of amides is 1. The molecular formula is C22H23N3O3S. The Bertz CT molecular complexity index is 1050. The molecule has 0 aliphatic carbocycles. The summed E-state index contributed by atoms with van der Waals surface area (Å²) in [6.07, 6.45) is 6.10. The second kappa shape index (κ2) is 8.96. The fraction of sp³-hybridized carbons (Fsp3) is 0.227. The van der Waals surface area contributed by atoms with Crippen molar-refractivity contribution in [3.63, 3.8) is 0 Å². The van der Waals surface area contributed by atoms with E-state index in [1.165, 1.54) is 12.4 Å². The van der Waals surface area contributed by atoms with Gasteiger partial charge in [-0.25, -0.2) is 8.42 Å². The number of nitrogens with zero attached hydrogens (tertiary/aromatic N) is 2. The number of nitrogens with one attached hydrogen (secondary N) is 1. The lowest BCUT2D eigenvalue weighted by atomic mass is 10.0. The fourth-order valence-corrected chi connectivity index (χ4v) is 4.61. The highest BCUT2D eigenvalue weighted by Gasteiger charge is 2.30. The van der Waals surface area contributed by atoms with Gasteiger partial charge in [-0.2, -0.15) is 0 Å². The van der Waals surface area contributed by atoms with Crippen LogP contribution in [0.5, 0.6) is 0 Å². The van der Waals surface area contributed by atoms with Gasteiger partial charge in [0.15, 0.2) is 9.84 Å². The lowest BCUT2D eigenvalue weighted by Crippen LogP contribution is -2.32. The standard InChI is InChI=1S/C22H23N3O3S/c1-16(2)17-7-9-20(10-8-17)29(27,28)21(18-5-3-11-23-13-18)15-25-22(26)19-6-4-12-24-14-19/h3-14,16,21H,15H2,1-2H3,(H,25,26)/t21-/m1/s1. The molecule has 7 heteroatoms. The summed E-state index contributed by atoms with van der Waals surface area (Å²) >= 11 is 0. The van der Waals surface area contributed by atoms with Crippen LogP contribution < -0.4 is 5.32 Å². The Hall–Kier alpha value is -3.06. The number of hydrogen-bond donors (Lipinski definition) is 1. The lowest BCUT2D eigenvalue weighted by Gasteiger charge is -2.19. The molecule has 1 amide bonds. The molecule has 1 atom stereocenters. The van der Waals surface area contributed by atoms with Gasteiger partial charge in [0.25, 0.3) is 5.91 Å². The number of pyridine rings is 2. The molecule has 3 aromatic rings. The third kappa shape index (κ3) is 4.86. The minimum Gasteiger partial charge on any atom is -0.350 e. The number of sulfone groups is 1. The Morgan fingerprint density at radius 3 is 2.14 bits per heavy atom. The first-order valence-electron chi connectivity index (χ1n) is 9.31. The van der Waals surface area contributed by atoms with E-state index < -0.39 is 15.1 Å². The van der Waals surface area contributed by atoms with E-state index in [0.717, 1.165) is 5.56 Å². The molecule has 2 aromatic heterocycles. The van der Waals surface area contributed by atoms with Crippen LogP contribution in [0.1, 0.15) is 46.5 Å². The molecule has 6 nitrogen and oxygen atoms in total. The zero-order valence-electron chi connectivity index (χ0n) is 16.3. The molecule has 0 aliphatic rings. The molecule has 0 unspecified atom stereocenters. The average molecular weight is 410 g/mol. The van der Waals surface area contributed by atoms with Crippen LogP contribution in [0, 0.1) is 0 Å². The van der Waals surface area contributed by atoms with E-state index in [1.54, 1.807) is 48.8 Å². The van der Waals surface area contributed by atoms with Crippen LogP contribution in [-0.4, -0.2) is 30.8 Å². The minimum atomic E-state index is -3.74. The van der Waals surface area contributed by atoms with Gasteiger partial charge in [0.2, 0.25) is 0 Å². The maximum atomic E-state index is 13.4. The normalized spacial score (nSPS) is 12.5. The molecule has 2 heterocycles. The van der Waals surface area contributed by atoms with Crippen molar-refractivity contribution in [2.75, 3.05) is 6.54 Å². The number of rotatable bonds is 7. The number of carbonyl (C=O) groups excluding carboxylic acids is 1. The summed E-state index contributed by atoms with van der Waals surface area (Å²) < 4.78 is 26.7. The first-order chi connectivity index (χ1) is 13.9. The van der Waals surface area contributed by atoms with E-state index in [4.69, 9.17) is 0 Å². The zero-order chi connectivity index (χ0) is 20.9. The van der Waals surface area contributed by atoms with Crippen molar-refractivity contribution in [2.45, 2.75) is 29.9 Å². The van der Waals surface area contributed by atoms with Crippen LogP contribution in [0.25, 0.3) is 0 Å². The maximum Gasteiger partial charge on any atom is 0.252 e. The van der Waals surface area contributed by atoms with Crippen LogP contribution >= 0.6 is 0 Å². The van der Waals surface area contributed by atoms with Gasteiger partial charge in [0, 0.05) is 31.3 Å². The molecule has 0 bridgehead atoms. The van der Waals surface area contributed by atoms with Crippen molar-refractivity contribution >= 4 is 15.7 Å². The van der Waals surface area contributed by atoms with Gasteiger partial charge in [-0.3, -0.25) is 14.8 Å². The molecule has 0 aliphatic heterocycles. The molecule has 29 heavy (non-hydrogen) atoms. The van der Waals surface area contributed by atoms with Gasteiger partial charge >= 0.3 is 0 Å². The quantitative estimate of drug-likeness (QED) is 0.645. The van der Waals surface area contributed by atoms with Gasteiger partial charge in [0.1, 0.15) is 5.25 Å². The Labute approximate surface area is 171 Å². The van der Waals surface area contributed by atoms with Crippen molar-refractivity contribution in [3.05, 3.63) is 90.0 Å². The van der Waals surface area contributed by atoms with Gasteiger partial charge in [-0.15, -0.1) is 0 Å². The van der Waals surface area contributed by atoms with E-state index in [9.17, 15) is 13.2 Å². The van der Waals surface area contributed by atoms with Gasteiger partial charge in [0.05, 0.1) is 10.5 Å². The molecule has 0 spiro atoms. The topological polar surface area (TPSA) is 89.0 Å². The molecular weight excluding hydrogens is 386 g/mol. The maximum absolute atomic E-state index is 13.4. The van der Waals surface area contributed by atoms with Crippen molar-refractivity contribution in [2.24, 2.45) is 0 Å². The van der Waals surface area contributed by atoms with Crippen LogP contribution in [0.4, 0.5) is 0 Å². The third-order valence-corrected chi connectivity index (χ3v) is 6.80. The van der Waals surface area contributed by atoms with E-state index >= 15 is 0 Å². The minimum absolute atomic E-state index is 0.0757. The van der Waals surface area contributed by atoms with E-state index in [0.29, 0.717) is 17.0 Å².